The molecule has 2 rings (SSSR count). The van der Waals surface area contributed by atoms with E-state index in [0.29, 0.717) is 18.5 Å². The highest BCUT2D eigenvalue weighted by Gasteiger charge is 2.19. The number of benzene rings is 1. The molecule has 0 saturated heterocycles. The molecule has 0 amide bonds. The topological polar surface area (TPSA) is 29.9 Å². The normalized spacial score (nSPS) is 12.7. The summed E-state index contributed by atoms with van der Waals surface area (Å²) in [5.74, 6) is -1.12. The monoisotopic (exact) mass is 357 g/mol. The van der Waals surface area contributed by atoms with E-state index in [0.717, 1.165) is 21.9 Å². The Labute approximate surface area is 131 Å². The molecular weight excluding hydrogens is 340 g/mol. The Hall–Kier alpha value is -1.27. The van der Waals surface area contributed by atoms with Crippen molar-refractivity contribution >= 4 is 15.9 Å². The second-order valence-electron chi connectivity index (χ2n) is 4.99. The van der Waals surface area contributed by atoms with Gasteiger partial charge in [-0.15, -0.1) is 0 Å². The second-order valence-corrected chi connectivity index (χ2v) is 5.78. The molecule has 2 aromatic rings. The van der Waals surface area contributed by atoms with Crippen LogP contribution in [0.5, 0.6) is 0 Å². The minimum Gasteiger partial charge on any atom is -0.310 e. The van der Waals surface area contributed by atoms with Crippen LogP contribution in [0, 0.1) is 18.6 Å². The molecule has 1 heterocycles. The molecule has 1 N–H and O–H groups in total. The molecule has 0 bridgehead atoms. The number of likely N-dealkylation sites (N-methyl/N-ethyl adjacent to an activating group) is 1. The zero-order valence-corrected chi connectivity index (χ0v) is 13.8. The van der Waals surface area contributed by atoms with Crippen LogP contribution in [0.15, 0.2) is 22.7 Å². The highest BCUT2D eigenvalue weighted by Crippen LogP contribution is 2.26. The van der Waals surface area contributed by atoms with Crippen molar-refractivity contribution in [2.45, 2.75) is 26.3 Å². The summed E-state index contributed by atoms with van der Waals surface area (Å²) in [6.45, 7) is 4.58. The van der Waals surface area contributed by atoms with Gasteiger partial charge in [0.25, 0.3) is 0 Å². The van der Waals surface area contributed by atoms with E-state index < -0.39 is 11.6 Å². The van der Waals surface area contributed by atoms with E-state index in [4.69, 9.17) is 0 Å². The Bertz CT molecular complexity index is 620. The Kier molecular flexibility index (Phi) is 5.11. The number of hydrogen-bond donors (Lipinski definition) is 1. The van der Waals surface area contributed by atoms with Crippen molar-refractivity contribution in [2.75, 3.05) is 6.54 Å². The molecule has 0 aliphatic carbocycles. The Morgan fingerprint density at radius 3 is 2.38 bits per heavy atom. The lowest BCUT2D eigenvalue weighted by molar-refractivity contribution is 0.514. The average molecular weight is 358 g/mol. The molecule has 1 aromatic carbocycles. The maximum absolute atomic E-state index is 13.4. The smallest absolute Gasteiger partial charge is 0.126 e. The fourth-order valence-electron chi connectivity index (χ4n) is 2.43. The van der Waals surface area contributed by atoms with E-state index in [-0.39, 0.29) is 6.04 Å². The quantitative estimate of drug-likeness (QED) is 0.884. The van der Waals surface area contributed by atoms with Crippen LogP contribution in [0.1, 0.15) is 29.9 Å². The van der Waals surface area contributed by atoms with Crippen molar-refractivity contribution in [3.05, 3.63) is 51.3 Å². The lowest BCUT2D eigenvalue weighted by Gasteiger charge is -2.19. The van der Waals surface area contributed by atoms with Crippen LogP contribution in [-0.2, 0) is 13.5 Å². The molecule has 0 aliphatic heterocycles. The summed E-state index contributed by atoms with van der Waals surface area (Å²) < 4.78 is 29.6. The molecule has 21 heavy (non-hydrogen) atoms. The Morgan fingerprint density at radius 2 is 1.90 bits per heavy atom. The van der Waals surface area contributed by atoms with Gasteiger partial charge in [-0.1, -0.05) is 6.92 Å². The predicted molar refractivity (Wildman–Crippen MR) is 82.1 cm³/mol. The molecule has 0 aliphatic rings. The minimum atomic E-state index is -0.562. The average Bonchev–Trinajstić information content (AvgIpc) is 2.63. The predicted octanol–water partition coefficient (Wildman–Crippen LogP) is 3.66. The van der Waals surface area contributed by atoms with Gasteiger partial charge in [-0.2, -0.15) is 5.10 Å². The zero-order valence-electron chi connectivity index (χ0n) is 12.3. The van der Waals surface area contributed by atoms with Crippen molar-refractivity contribution < 1.29 is 8.78 Å². The molecule has 114 valence electrons. The fourth-order valence-corrected chi connectivity index (χ4v) is 2.92. The van der Waals surface area contributed by atoms with Crippen molar-refractivity contribution in [3.8, 4) is 0 Å². The SMILES string of the molecule is CCNC(Cc1c(Br)c(C)nn1C)c1cc(F)cc(F)c1. The van der Waals surface area contributed by atoms with Crippen molar-refractivity contribution in [1.29, 1.82) is 0 Å². The summed E-state index contributed by atoms with van der Waals surface area (Å²) in [7, 11) is 1.86. The number of aromatic nitrogens is 2. The Balaban J connectivity index is 2.35. The third-order valence-electron chi connectivity index (χ3n) is 3.40. The van der Waals surface area contributed by atoms with Gasteiger partial charge in [0.1, 0.15) is 11.6 Å². The van der Waals surface area contributed by atoms with Gasteiger partial charge in [-0.05, 0) is 47.1 Å². The third kappa shape index (κ3) is 3.68. The van der Waals surface area contributed by atoms with Gasteiger partial charge in [-0.25, -0.2) is 8.78 Å². The highest BCUT2D eigenvalue weighted by atomic mass is 79.9. The van der Waals surface area contributed by atoms with E-state index in [1.165, 1.54) is 12.1 Å². The summed E-state index contributed by atoms with van der Waals surface area (Å²) in [6.07, 6.45) is 0.592. The molecule has 1 aromatic heterocycles. The first-order chi connectivity index (χ1) is 9.92. The van der Waals surface area contributed by atoms with Crippen LogP contribution in [0.3, 0.4) is 0 Å². The van der Waals surface area contributed by atoms with E-state index in [9.17, 15) is 8.78 Å². The fraction of sp³-hybridized carbons (Fsp3) is 0.400. The zero-order chi connectivity index (χ0) is 15.6. The second kappa shape index (κ2) is 6.66. The molecule has 0 saturated carbocycles. The lowest BCUT2D eigenvalue weighted by atomic mass is 10.0. The molecule has 1 atom stereocenters. The van der Waals surface area contributed by atoms with E-state index in [1.54, 1.807) is 4.68 Å². The van der Waals surface area contributed by atoms with E-state index >= 15 is 0 Å². The lowest BCUT2D eigenvalue weighted by Crippen LogP contribution is -2.24. The van der Waals surface area contributed by atoms with Gasteiger partial charge in [0, 0.05) is 25.6 Å². The number of nitrogens with zero attached hydrogens (tertiary/aromatic N) is 2. The maximum Gasteiger partial charge on any atom is 0.126 e. The summed E-state index contributed by atoms with van der Waals surface area (Å²) >= 11 is 3.52. The molecule has 1 unspecified atom stereocenters. The standard InChI is InChI=1S/C15H18BrF2N3/c1-4-19-13(10-5-11(17)7-12(18)6-10)8-14-15(16)9(2)20-21(14)3/h5-7,13,19H,4,8H2,1-3H3. The van der Waals surface area contributed by atoms with Crippen molar-refractivity contribution in [2.24, 2.45) is 7.05 Å². The molecule has 0 fully saturated rings. The van der Waals surface area contributed by atoms with Gasteiger partial charge < -0.3 is 5.32 Å². The first kappa shape index (κ1) is 16.1. The molecule has 6 heteroatoms. The molecule has 3 nitrogen and oxygen atoms in total. The summed E-state index contributed by atoms with van der Waals surface area (Å²) in [5, 5.41) is 7.62. The van der Waals surface area contributed by atoms with Crippen LogP contribution in [0.2, 0.25) is 0 Å². The number of nitrogens with one attached hydrogen (secondary N) is 1. The number of rotatable bonds is 5. The first-order valence-electron chi connectivity index (χ1n) is 6.79. The number of aryl methyl sites for hydroxylation is 2. The highest BCUT2D eigenvalue weighted by molar-refractivity contribution is 9.10. The van der Waals surface area contributed by atoms with Crippen molar-refractivity contribution in [1.82, 2.24) is 15.1 Å². The number of hydrogen-bond acceptors (Lipinski definition) is 2. The van der Waals surface area contributed by atoms with Crippen LogP contribution in [0.4, 0.5) is 8.78 Å². The maximum atomic E-state index is 13.4. The largest absolute Gasteiger partial charge is 0.310 e. The van der Waals surface area contributed by atoms with Gasteiger partial charge in [0.2, 0.25) is 0 Å². The third-order valence-corrected chi connectivity index (χ3v) is 4.43. The molecule has 0 spiro atoms. The van der Waals surface area contributed by atoms with Gasteiger partial charge in [-0.3, -0.25) is 4.68 Å². The van der Waals surface area contributed by atoms with Crippen molar-refractivity contribution in [3.63, 3.8) is 0 Å². The Morgan fingerprint density at radius 1 is 1.29 bits per heavy atom. The first-order valence-corrected chi connectivity index (χ1v) is 7.59. The minimum absolute atomic E-state index is 0.175. The van der Waals surface area contributed by atoms with E-state index in [2.05, 4.69) is 26.3 Å². The van der Waals surface area contributed by atoms with Gasteiger partial charge >= 0.3 is 0 Å². The summed E-state index contributed by atoms with van der Waals surface area (Å²) in [5.41, 5.74) is 2.48. The van der Waals surface area contributed by atoms with Gasteiger partial charge in [0.15, 0.2) is 0 Å². The van der Waals surface area contributed by atoms with Crippen LogP contribution >= 0.6 is 15.9 Å². The van der Waals surface area contributed by atoms with Gasteiger partial charge in [0.05, 0.1) is 15.9 Å². The number of halogens is 3. The van der Waals surface area contributed by atoms with Crippen LogP contribution in [0.25, 0.3) is 0 Å². The summed E-state index contributed by atoms with van der Waals surface area (Å²) in [6, 6.07) is 3.45. The molecule has 0 radical (unpaired) electrons. The van der Waals surface area contributed by atoms with E-state index in [1.807, 2.05) is 20.9 Å². The molecular formula is C15H18BrF2N3. The van der Waals surface area contributed by atoms with Crippen LogP contribution < -0.4 is 5.32 Å². The summed E-state index contributed by atoms with van der Waals surface area (Å²) in [4.78, 5) is 0. The van der Waals surface area contributed by atoms with Crippen LogP contribution in [-0.4, -0.2) is 16.3 Å².